The van der Waals surface area contributed by atoms with Crippen LogP contribution in [-0.2, 0) is 0 Å². The lowest BCUT2D eigenvalue weighted by Crippen LogP contribution is -1.93. The summed E-state index contributed by atoms with van der Waals surface area (Å²) in [7, 11) is 0. The van der Waals surface area contributed by atoms with E-state index in [1.54, 1.807) is 11.3 Å². The Kier molecular flexibility index (Phi) is 3.89. The molecule has 0 nitrogen and oxygen atoms in total. The standard InChI is InChI=1S/C17H14BrClS/c1-10-7-8-14(13-6-4-3-5-12(10)13)16(19)15-9-11(2)17(18)20-15/h3-9,16H,1-2H3. The highest BCUT2D eigenvalue weighted by Gasteiger charge is 2.17. The fraction of sp³-hybridized carbons (Fsp3) is 0.176. The first kappa shape index (κ1) is 14.1. The summed E-state index contributed by atoms with van der Waals surface area (Å²) in [5.74, 6) is 0. The molecule has 1 unspecified atom stereocenters. The van der Waals surface area contributed by atoms with Gasteiger partial charge in [-0.3, -0.25) is 0 Å². The number of alkyl halides is 1. The quantitative estimate of drug-likeness (QED) is 0.448. The predicted octanol–water partition coefficient (Wildman–Crippen LogP) is 6.61. The van der Waals surface area contributed by atoms with Gasteiger partial charge in [0.2, 0.25) is 0 Å². The van der Waals surface area contributed by atoms with Crippen molar-refractivity contribution in [3.63, 3.8) is 0 Å². The van der Waals surface area contributed by atoms with Gasteiger partial charge in [0.1, 0.15) is 0 Å². The maximum absolute atomic E-state index is 6.74. The number of aryl methyl sites for hydroxylation is 2. The second-order valence-electron chi connectivity index (χ2n) is 4.99. The largest absolute Gasteiger partial charge is 0.131 e. The van der Waals surface area contributed by atoms with Crippen molar-refractivity contribution in [2.24, 2.45) is 0 Å². The van der Waals surface area contributed by atoms with Gasteiger partial charge in [0.25, 0.3) is 0 Å². The highest BCUT2D eigenvalue weighted by atomic mass is 79.9. The molecule has 1 aromatic heterocycles. The monoisotopic (exact) mass is 364 g/mol. The molecule has 0 saturated carbocycles. The summed E-state index contributed by atoms with van der Waals surface area (Å²) in [6.45, 7) is 4.24. The van der Waals surface area contributed by atoms with Crippen molar-refractivity contribution in [2.45, 2.75) is 19.2 Å². The number of fused-ring (bicyclic) bond motifs is 1. The Morgan fingerprint density at radius 2 is 1.70 bits per heavy atom. The normalized spacial score (nSPS) is 12.8. The average Bonchev–Trinajstić information content (AvgIpc) is 2.79. The SMILES string of the molecule is Cc1cc(C(Cl)c2ccc(C)c3ccccc23)sc1Br. The van der Waals surface area contributed by atoms with Crippen LogP contribution in [0.15, 0.2) is 46.3 Å². The molecule has 2 aromatic carbocycles. The van der Waals surface area contributed by atoms with Crippen molar-refractivity contribution in [1.29, 1.82) is 0 Å². The van der Waals surface area contributed by atoms with Gasteiger partial charge in [-0.2, -0.15) is 0 Å². The molecule has 0 saturated heterocycles. The topological polar surface area (TPSA) is 0 Å². The molecular formula is C17H14BrClS. The zero-order valence-corrected chi connectivity index (χ0v) is 14.4. The first-order valence-corrected chi connectivity index (χ1v) is 8.50. The van der Waals surface area contributed by atoms with E-state index in [2.05, 4.69) is 72.2 Å². The van der Waals surface area contributed by atoms with Gasteiger partial charge in [-0.1, -0.05) is 36.4 Å². The molecule has 0 spiro atoms. The third-order valence-corrected chi connectivity index (χ3v) is 6.38. The fourth-order valence-corrected chi connectivity index (χ4v) is 4.41. The molecule has 0 radical (unpaired) electrons. The number of halogens is 2. The third kappa shape index (κ3) is 2.41. The molecule has 20 heavy (non-hydrogen) atoms. The predicted molar refractivity (Wildman–Crippen MR) is 93.1 cm³/mol. The second-order valence-corrected chi connectivity index (χ2v) is 7.82. The van der Waals surface area contributed by atoms with Crippen molar-refractivity contribution in [1.82, 2.24) is 0 Å². The van der Waals surface area contributed by atoms with E-state index in [9.17, 15) is 0 Å². The minimum Gasteiger partial charge on any atom is -0.131 e. The van der Waals surface area contributed by atoms with E-state index in [1.807, 2.05) is 0 Å². The third-order valence-electron chi connectivity index (χ3n) is 3.57. The molecule has 0 bridgehead atoms. The zero-order chi connectivity index (χ0) is 14.3. The minimum absolute atomic E-state index is 0.101. The molecule has 0 amide bonds. The van der Waals surface area contributed by atoms with Crippen LogP contribution < -0.4 is 0 Å². The van der Waals surface area contributed by atoms with Gasteiger partial charge in [-0.15, -0.1) is 22.9 Å². The Morgan fingerprint density at radius 1 is 1.00 bits per heavy atom. The Hall–Kier alpha value is -0.830. The first-order valence-electron chi connectivity index (χ1n) is 6.46. The molecular weight excluding hydrogens is 352 g/mol. The van der Waals surface area contributed by atoms with Crippen molar-refractivity contribution < 1.29 is 0 Å². The number of hydrogen-bond donors (Lipinski definition) is 0. The van der Waals surface area contributed by atoms with Gasteiger partial charge in [0.15, 0.2) is 0 Å². The number of hydrogen-bond acceptors (Lipinski definition) is 1. The summed E-state index contributed by atoms with van der Waals surface area (Å²) in [5, 5.41) is 2.42. The van der Waals surface area contributed by atoms with Gasteiger partial charge in [0.05, 0.1) is 9.16 Å². The average molecular weight is 366 g/mol. The molecule has 1 heterocycles. The first-order chi connectivity index (χ1) is 9.58. The van der Waals surface area contributed by atoms with Crippen LogP contribution in [0.5, 0.6) is 0 Å². The molecule has 102 valence electrons. The van der Waals surface area contributed by atoms with Crippen molar-refractivity contribution in [3.05, 3.63) is 67.8 Å². The smallest absolute Gasteiger partial charge is 0.0934 e. The Balaban J connectivity index is 2.17. The summed E-state index contributed by atoms with van der Waals surface area (Å²) < 4.78 is 1.16. The minimum atomic E-state index is -0.101. The Labute approximate surface area is 136 Å². The molecule has 0 aliphatic rings. The van der Waals surface area contributed by atoms with Crippen molar-refractivity contribution in [2.75, 3.05) is 0 Å². The van der Waals surface area contributed by atoms with E-state index in [4.69, 9.17) is 11.6 Å². The molecule has 0 N–H and O–H groups in total. The summed E-state index contributed by atoms with van der Waals surface area (Å²) in [4.78, 5) is 1.19. The summed E-state index contributed by atoms with van der Waals surface area (Å²) >= 11 is 12.0. The van der Waals surface area contributed by atoms with Crippen LogP contribution in [0.3, 0.4) is 0 Å². The number of rotatable bonds is 2. The van der Waals surface area contributed by atoms with Gasteiger partial charge in [-0.25, -0.2) is 0 Å². The Bertz CT molecular complexity index is 756. The van der Waals surface area contributed by atoms with Crippen LogP contribution in [0.2, 0.25) is 0 Å². The molecule has 0 aliphatic carbocycles. The van der Waals surface area contributed by atoms with Crippen molar-refractivity contribution >= 4 is 49.6 Å². The van der Waals surface area contributed by atoms with Gasteiger partial charge >= 0.3 is 0 Å². The van der Waals surface area contributed by atoms with Gasteiger partial charge < -0.3 is 0 Å². The van der Waals surface area contributed by atoms with Gasteiger partial charge in [0, 0.05) is 4.88 Å². The summed E-state index contributed by atoms with van der Waals surface area (Å²) in [6.07, 6.45) is 0. The fourth-order valence-electron chi connectivity index (χ4n) is 2.46. The van der Waals surface area contributed by atoms with Crippen LogP contribution in [0, 0.1) is 13.8 Å². The maximum atomic E-state index is 6.74. The Morgan fingerprint density at radius 3 is 2.35 bits per heavy atom. The van der Waals surface area contributed by atoms with E-state index in [0.29, 0.717) is 0 Å². The molecule has 3 aromatic rings. The van der Waals surface area contributed by atoms with Gasteiger partial charge in [-0.05, 0) is 63.3 Å². The maximum Gasteiger partial charge on any atom is 0.0934 e. The second kappa shape index (κ2) is 5.51. The molecule has 3 heteroatoms. The van der Waals surface area contributed by atoms with Crippen LogP contribution >= 0.6 is 38.9 Å². The van der Waals surface area contributed by atoms with E-state index in [-0.39, 0.29) is 5.38 Å². The lowest BCUT2D eigenvalue weighted by atomic mass is 9.98. The molecule has 3 rings (SSSR count). The molecule has 1 atom stereocenters. The van der Waals surface area contributed by atoms with Crippen LogP contribution in [0.4, 0.5) is 0 Å². The van der Waals surface area contributed by atoms with Crippen molar-refractivity contribution in [3.8, 4) is 0 Å². The van der Waals surface area contributed by atoms with E-state index < -0.39 is 0 Å². The lowest BCUT2D eigenvalue weighted by molar-refractivity contribution is 1.20. The highest BCUT2D eigenvalue weighted by molar-refractivity contribution is 9.11. The van der Waals surface area contributed by atoms with Crippen LogP contribution in [0.1, 0.15) is 26.9 Å². The summed E-state index contributed by atoms with van der Waals surface area (Å²) in [6, 6.07) is 14.9. The highest BCUT2D eigenvalue weighted by Crippen LogP contribution is 2.40. The zero-order valence-electron chi connectivity index (χ0n) is 11.3. The lowest BCUT2D eigenvalue weighted by Gasteiger charge is -2.13. The van der Waals surface area contributed by atoms with E-state index >= 15 is 0 Å². The van der Waals surface area contributed by atoms with E-state index in [0.717, 1.165) is 3.79 Å². The number of benzene rings is 2. The van der Waals surface area contributed by atoms with Crippen LogP contribution in [-0.4, -0.2) is 0 Å². The molecule has 0 fully saturated rings. The number of thiophene rings is 1. The van der Waals surface area contributed by atoms with Crippen LogP contribution in [0.25, 0.3) is 10.8 Å². The summed E-state index contributed by atoms with van der Waals surface area (Å²) in [5.41, 5.74) is 3.71. The molecule has 0 aliphatic heterocycles. The van der Waals surface area contributed by atoms with E-state index in [1.165, 1.54) is 32.3 Å².